The Hall–Kier alpha value is -4.65. The van der Waals surface area contributed by atoms with E-state index in [-0.39, 0.29) is 33.5 Å². The van der Waals surface area contributed by atoms with Gasteiger partial charge in [0.2, 0.25) is 5.95 Å². The van der Waals surface area contributed by atoms with E-state index >= 15 is 0 Å². The zero-order valence-electron chi connectivity index (χ0n) is 19.9. The van der Waals surface area contributed by atoms with Crippen LogP contribution in [0, 0.1) is 11.3 Å². The number of halogens is 2. The van der Waals surface area contributed by atoms with Crippen molar-refractivity contribution in [3.63, 3.8) is 0 Å². The van der Waals surface area contributed by atoms with Crippen LogP contribution in [0.4, 0.5) is 5.95 Å². The fourth-order valence-corrected chi connectivity index (χ4v) is 3.86. The van der Waals surface area contributed by atoms with Crippen LogP contribution in [0.1, 0.15) is 28.4 Å². The van der Waals surface area contributed by atoms with E-state index in [4.69, 9.17) is 32.7 Å². The highest BCUT2D eigenvalue weighted by Crippen LogP contribution is 2.30. The molecule has 38 heavy (non-hydrogen) atoms. The molecule has 0 fully saturated rings. The second kappa shape index (κ2) is 12.1. The number of nitrogens with zero attached hydrogens (tertiary/aromatic N) is 3. The topological polar surface area (TPSA) is 129 Å². The monoisotopic (exact) mass is 547 g/mol. The number of aromatic amines is 1. The minimum absolute atomic E-state index is 0.0551. The molecular formula is C27H19Cl2N5O4. The van der Waals surface area contributed by atoms with Gasteiger partial charge in [-0.15, -0.1) is 0 Å². The normalized spacial score (nSPS) is 10.7. The van der Waals surface area contributed by atoms with Gasteiger partial charge in [-0.2, -0.15) is 10.4 Å². The van der Waals surface area contributed by atoms with Crippen molar-refractivity contribution in [3.05, 3.63) is 104 Å². The van der Waals surface area contributed by atoms with E-state index in [1.54, 1.807) is 55.5 Å². The summed E-state index contributed by atoms with van der Waals surface area (Å²) in [4.78, 5) is 31.9. The first kappa shape index (κ1) is 26.4. The summed E-state index contributed by atoms with van der Waals surface area (Å²) in [5, 5.41) is 14.1. The maximum Gasteiger partial charge on any atom is 0.345 e. The van der Waals surface area contributed by atoms with Crippen LogP contribution in [0.3, 0.4) is 0 Å². The highest BCUT2D eigenvalue weighted by atomic mass is 35.5. The molecule has 2 N–H and O–H groups in total. The average Bonchev–Trinajstić information content (AvgIpc) is 2.90. The summed E-state index contributed by atoms with van der Waals surface area (Å²) in [6.07, 6.45) is 1.46. The van der Waals surface area contributed by atoms with Gasteiger partial charge in [-0.1, -0.05) is 53.5 Å². The van der Waals surface area contributed by atoms with E-state index in [2.05, 4.69) is 20.5 Å². The van der Waals surface area contributed by atoms with Gasteiger partial charge in [0.05, 0.1) is 29.1 Å². The number of H-pyrrole nitrogens is 1. The summed E-state index contributed by atoms with van der Waals surface area (Å²) in [5.74, 6) is -0.106. The lowest BCUT2D eigenvalue weighted by Crippen LogP contribution is -2.16. The Bertz CT molecular complexity index is 1610. The van der Waals surface area contributed by atoms with E-state index in [9.17, 15) is 14.9 Å². The minimum Gasteiger partial charge on any atom is -0.490 e. The van der Waals surface area contributed by atoms with E-state index < -0.39 is 11.5 Å². The molecule has 1 heterocycles. The molecule has 3 aromatic carbocycles. The number of anilines is 1. The quantitative estimate of drug-likeness (QED) is 0.125. The van der Waals surface area contributed by atoms with Gasteiger partial charge < -0.3 is 9.47 Å². The van der Waals surface area contributed by atoms with Crippen LogP contribution >= 0.6 is 23.2 Å². The fourth-order valence-electron chi connectivity index (χ4n) is 3.37. The smallest absolute Gasteiger partial charge is 0.345 e. The molecule has 0 saturated heterocycles. The average molecular weight is 548 g/mol. The molecule has 0 amide bonds. The van der Waals surface area contributed by atoms with Crippen LogP contribution in [0.2, 0.25) is 10.0 Å². The van der Waals surface area contributed by atoms with Gasteiger partial charge in [-0.3, -0.25) is 9.78 Å². The molecule has 1 aromatic heterocycles. The first-order chi connectivity index (χ1) is 18.4. The van der Waals surface area contributed by atoms with E-state index in [1.165, 1.54) is 18.3 Å². The van der Waals surface area contributed by atoms with Gasteiger partial charge >= 0.3 is 5.97 Å². The van der Waals surface area contributed by atoms with Crippen LogP contribution in [-0.2, 0) is 0 Å². The molecule has 0 unspecified atom stereocenters. The standard InChI is InChI=1S/C27H19Cl2N5O4/c1-2-37-23-12-16(8-11-22(23)38-26(36)19-10-9-18(28)13-21(19)29)15-31-34-27-32-24(17-6-4-3-5-7-17)20(14-30)25(35)33-27/h3-13,15H,2H2,1H3,(H2,32,33,34,35). The van der Waals surface area contributed by atoms with Crippen LogP contribution < -0.4 is 20.5 Å². The van der Waals surface area contributed by atoms with Crippen LogP contribution in [0.5, 0.6) is 11.5 Å². The van der Waals surface area contributed by atoms with Gasteiger partial charge in [0.15, 0.2) is 11.5 Å². The molecule has 4 aromatic rings. The van der Waals surface area contributed by atoms with Crippen molar-refractivity contribution in [2.45, 2.75) is 6.92 Å². The highest BCUT2D eigenvalue weighted by molar-refractivity contribution is 6.36. The zero-order chi connectivity index (χ0) is 27.1. The Balaban J connectivity index is 1.54. The third-order valence-corrected chi connectivity index (χ3v) is 5.63. The predicted molar refractivity (Wildman–Crippen MR) is 145 cm³/mol. The van der Waals surface area contributed by atoms with Crippen molar-refractivity contribution in [1.82, 2.24) is 9.97 Å². The molecule has 0 atom stereocenters. The lowest BCUT2D eigenvalue weighted by molar-refractivity contribution is 0.0728. The summed E-state index contributed by atoms with van der Waals surface area (Å²) in [6.45, 7) is 2.12. The molecule has 190 valence electrons. The molecule has 0 bridgehead atoms. The van der Waals surface area contributed by atoms with Crippen LogP contribution in [0.15, 0.2) is 76.6 Å². The number of rotatable bonds is 8. The number of nitrogens with one attached hydrogen (secondary N) is 2. The van der Waals surface area contributed by atoms with Gasteiger partial charge in [-0.25, -0.2) is 15.2 Å². The number of hydrogen-bond acceptors (Lipinski definition) is 8. The molecule has 0 saturated carbocycles. The number of ether oxygens (including phenoxy) is 2. The van der Waals surface area contributed by atoms with Crippen molar-refractivity contribution >= 4 is 41.3 Å². The third kappa shape index (κ3) is 6.18. The molecule has 0 aliphatic heterocycles. The maximum absolute atomic E-state index is 12.6. The number of hydrogen-bond donors (Lipinski definition) is 2. The van der Waals surface area contributed by atoms with Crippen molar-refractivity contribution < 1.29 is 14.3 Å². The number of hydrazone groups is 1. The Morgan fingerprint density at radius 1 is 1.13 bits per heavy atom. The Kier molecular flexibility index (Phi) is 8.38. The summed E-state index contributed by atoms with van der Waals surface area (Å²) in [6, 6.07) is 20.1. The zero-order valence-corrected chi connectivity index (χ0v) is 21.4. The van der Waals surface area contributed by atoms with E-state index in [1.807, 2.05) is 12.1 Å². The van der Waals surface area contributed by atoms with Gasteiger partial charge in [0.1, 0.15) is 11.6 Å². The highest BCUT2D eigenvalue weighted by Gasteiger charge is 2.17. The minimum atomic E-state index is -0.666. The molecule has 0 spiro atoms. The molecule has 4 rings (SSSR count). The first-order valence-electron chi connectivity index (χ1n) is 11.2. The number of benzene rings is 3. The lowest BCUT2D eigenvalue weighted by Gasteiger charge is -2.12. The summed E-state index contributed by atoms with van der Waals surface area (Å²) in [5.41, 5.74) is 3.59. The molecule has 9 nitrogen and oxygen atoms in total. The summed E-state index contributed by atoms with van der Waals surface area (Å²) in [7, 11) is 0. The largest absolute Gasteiger partial charge is 0.490 e. The first-order valence-corrected chi connectivity index (χ1v) is 12.0. The van der Waals surface area contributed by atoms with Gasteiger partial charge in [0, 0.05) is 10.6 Å². The fraction of sp³-hybridized carbons (Fsp3) is 0.0741. The number of carbonyl (C=O) groups excluding carboxylic acids is 1. The van der Waals surface area contributed by atoms with Crippen molar-refractivity contribution in [3.8, 4) is 28.8 Å². The van der Waals surface area contributed by atoms with Crippen molar-refractivity contribution in [2.75, 3.05) is 12.0 Å². The second-order valence-electron chi connectivity index (χ2n) is 7.64. The number of aromatic nitrogens is 2. The van der Waals surface area contributed by atoms with E-state index in [0.29, 0.717) is 28.5 Å². The summed E-state index contributed by atoms with van der Waals surface area (Å²) < 4.78 is 11.1. The molecular weight excluding hydrogens is 529 g/mol. The molecule has 0 radical (unpaired) electrons. The van der Waals surface area contributed by atoms with Crippen molar-refractivity contribution in [2.24, 2.45) is 5.10 Å². The molecule has 0 aliphatic rings. The van der Waals surface area contributed by atoms with Crippen LogP contribution in [0.25, 0.3) is 11.3 Å². The predicted octanol–water partition coefficient (Wildman–Crippen LogP) is 5.68. The number of nitriles is 1. The molecule has 11 heteroatoms. The number of carbonyl (C=O) groups is 1. The Morgan fingerprint density at radius 2 is 1.92 bits per heavy atom. The number of esters is 1. The lowest BCUT2D eigenvalue weighted by atomic mass is 10.1. The van der Waals surface area contributed by atoms with Crippen molar-refractivity contribution in [1.29, 1.82) is 5.26 Å². The maximum atomic E-state index is 12.6. The second-order valence-corrected chi connectivity index (χ2v) is 8.48. The Labute approximate surface area is 227 Å². The SMILES string of the molecule is CCOc1cc(C=NNc2nc(-c3ccccc3)c(C#N)c(=O)[nH]2)ccc1OC(=O)c1ccc(Cl)cc1Cl. The van der Waals surface area contributed by atoms with E-state index in [0.717, 1.165) is 0 Å². The molecule has 0 aliphatic carbocycles. The van der Waals surface area contributed by atoms with Crippen LogP contribution in [-0.4, -0.2) is 28.8 Å². The summed E-state index contributed by atoms with van der Waals surface area (Å²) >= 11 is 12.0. The van der Waals surface area contributed by atoms with Gasteiger partial charge in [-0.05, 0) is 48.9 Å². The Morgan fingerprint density at radius 3 is 2.63 bits per heavy atom. The van der Waals surface area contributed by atoms with Gasteiger partial charge in [0.25, 0.3) is 5.56 Å². The third-order valence-electron chi connectivity index (χ3n) is 5.08.